The number of hydrogen-bond donors (Lipinski definition) is 2. The highest BCUT2D eigenvalue weighted by atomic mass is 32.2. The van der Waals surface area contributed by atoms with Gasteiger partial charge in [0.2, 0.25) is 0 Å². The molecule has 0 spiro atoms. The molecule has 0 fully saturated rings. The SMILES string of the molecule is CC(C)(CNCc1occc1C(=O)O)S(C)(=O)=O. The lowest BCUT2D eigenvalue weighted by Crippen LogP contribution is -2.41. The second-order valence-corrected chi connectivity index (χ2v) is 7.35. The average Bonchev–Trinajstić information content (AvgIpc) is 2.63. The van der Waals surface area contributed by atoms with E-state index < -0.39 is 20.6 Å². The fourth-order valence-corrected chi connectivity index (χ4v) is 1.64. The molecule has 1 heterocycles. The van der Waals surface area contributed by atoms with Crippen molar-refractivity contribution in [3.05, 3.63) is 23.7 Å². The molecule has 0 aliphatic heterocycles. The van der Waals surface area contributed by atoms with Crippen LogP contribution in [0.3, 0.4) is 0 Å². The van der Waals surface area contributed by atoms with Crippen molar-refractivity contribution in [2.75, 3.05) is 12.8 Å². The Morgan fingerprint density at radius 1 is 1.50 bits per heavy atom. The highest BCUT2D eigenvalue weighted by Crippen LogP contribution is 2.15. The zero-order valence-corrected chi connectivity index (χ0v) is 11.4. The quantitative estimate of drug-likeness (QED) is 0.800. The van der Waals surface area contributed by atoms with Gasteiger partial charge < -0.3 is 14.8 Å². The van der Waals surface area contributed by atoms with Gasteiger partial charge in [-0.25, -0.2) is 13.2 Å². The lowest BCUT2D eigenvalue weighted by Gasteiger charge is -2.22. The largest absolute Gasteiger partial charge is 0.478 e. The molecule has 0 radical (unpaired) electrons. The number of carboxylic acid groups (broad SMARTS) is 1. The summed E-state index contributed by atoms with van der Waals surface area (Å²) in [6.45, 7) is 3.60. The molecular weight excluding hydrogens is 258 g/mol. The van der Waals surface area contributed by atoms with Gasteiger partial charge in [-0.05, 0) is 19.9 Å². The topological polar surface area (TPSA) is 96.6 Å². The van der Waals surface area contributed by atoms with Crippen LogP contribution >= 0.6 is 0 Å². The molecule has 2 N–H and O–H groups in total. The van der Waals surface area contributed by atoms with E-state index in [2.05, 4.69) is 5.32 Å². The van der Waals surface area contributed by atoms with Crippen LogP contribution in [0.15, 0.2) is 16.7 Å². The van der Waals surface area contributed by atoms with Crippen molar-refractivity contribution < 1.29 is 22.7 Å². The van der Waals surface area contributed by atoms with Gasteiger partial charge in [-0.3, -0.25) is 0 Å². The predicted octanol–water partition coefficient (Wildman–Crippen LogP) is 0.891. The molecule has 1 rings (SSSR count). The molecule has 102 valence electrons. The lowest BCUT2D eigenvalue weighted by atomic mass is 10.2. The smallest absolute Gasteiger partial charge is 0.339 e. The molecule has 18 heavy (non-hydrogen) atoms. The van der Waals surface area contributed by atoms with Crippen LogP contribution in [0.1, 0.15) is 30.0 Å². The summed E-state index contributed by atoms with van der Waals surface area (Å²) in [5, 5.41) is 11.8. The fraction of sp³-hybridized carbons (Fsp3) is 0.545. The van der Waals surface area contributed by atoms with E-state index in [-0.39, 0.29) is 24.4 Å². The van der Waals surface area contributed by atoms with Crippen molar-refractivity contribution >= 4 is 15.8 Å². The molecule has 1 aromatic heterocycles. The first-order chi connectivity index (χ1) is 8.15. The molecule has 1 aromatic rings. The number of nitrogens with one attached hydrogen (secondary N) is 1. The van der Waals surface area contributed by atoms with E-state index in [0.717, 1.165) is 0 Å². The van der Waals surface area contributed by atoms with Gasteiger partial charge in [0.05, 0.1) is 17.6 Å². The molecule has 0 aliphatic rings. The minimum absolute atomic E-state index is 0.0830. The van der Waals surface area contributed by atoms with Gasteiger partial charge in [-0.15, -0.1) is 0 Å². The summed E-state index contributed by atoms with van der Waals surface area (Å²) in [5.41, 5.74) is 0.0830. The second kappa shape index (κ2) is 5.11. The standard InChI is InChI=1S/C11H17NO5S/c1-11(2,18(3,15)16)7-12-6-9-8(10(13)14)4-5-17-9/h4-5,12H,6-7H2,1-3H3,(H,13,14). The van der Waals surface area contributed by atoms with Gasteiger partial charge >= 0.3 is 5.97 Å². The first-order valence-electron chi connectivity index (χ1n) is 5.35. The molecule has 0 aromatic carbocycles. The average molecular weight is 275 g/mol. The van der Waals surface area contributed by atoms with Gasteiger partial charge in [0.1, 0.15) is 11.3 Å². The highest BCUT2D eigenvalue weighted by molar-refractivity contribution is 7.92. The van der Waals surface area contributed by atoms with E-state index in [1.165, 1.54) is 18.6 Å². The molecule has 0 bridgehead atoms. The van der Waals surface area contributed by atoms with E-state index in [0.29, 0.717) is 0 Å². The minimum atomic E-state index is -3.18. The number of carboxylic acids is 1. The molecule has 0 saturated heterocycles. The summed E-state index contributed by atoms with van der Waals surface area (Å²) in [5.74, 6) is -0.783. The van der Waals surface area contributed by atoms with Crippen LogP contribution in [0.5, 0.6) is 0 Å². The normalized spacial score (nSPS) is 12.6. The molecule has 0 saturated carbocycles. The zero-order chi connectivity index (χ0) is 14.0. The fourth-order valence-electron chi connectivity index (χ4n) is 1.28. The maximum Gasteiger partial charge on any atom is 0.339 e. The molecule has 6 nitrogen and oxygen atoms in total. The Balaban J connectivity index is 2.63. The number of carbonyl (C=O) groups is 1. The number of furan rings is 1. The Kier molecular flexibility index (Phi) is 4.18. The van der Waals surface area contributed by atoms with Gasteiger partial charge in [0, 0.05) is 12.8 Å². The van der Waals surface area contributed by atoms with Crippen LogP contribution in [-0.2, 0) is 16.4 Å². The van der Waals surface area contributed by atoms with Crippen molar-refractivity contribution in [1.82, 2.24) is 5.32 Å². The van der Waals surface area contributed by atoms with Gasteiger partial charge in [0.25, 0.3) is 0 Å². The van der Waals surface area contributed by atoms with Crippen LogP contribution in [-0.4, -0.2) is 37.0 Å². The molecule has 0 amide bonds. The van der Waals surface area contributed by atoms with Crippen molar-refractivity contribution in [1.29, 1.82) is 0 Å². The third-order valence-electron chi connectivity index (χ3n) is 2.82. The summed E-state index contributed by atoms with van der Waals surface area (Å²) in [6.07, 6.45) is 2.46. The minimum Gasteiger partial charge on any atom is -0.478 e. The van der Waals surface area contributed by atoms with E-state index in [4.69, 9.17) is 9.52 Å². The molecular formula is C11H17NO5S. The number of sulfone groups is 1. The number of hydrogen-bond acceptors (Lipinski definition) is 5. The lowest BCUT2D eigenvalue weighted by molar-refractivity contribution is 0.0694. The Labute approximate surface area is 106 Å². The van der Waals surface area contributed by atoms with E-state index in [9.17, 15) is 13.2 Å². The van der Waals surface area contributed by atoms with E-state index in [1.807, 2.05) is 0 Å². The van der Waals surface area contributed by atoms with E-state index in [1.54, 1.807) is 13.8 Å². The van der Waals surface area contributed by atoms with Crippen molar-refractivity contribution in [2.45, 2.75) is 25.1 Å². The van der Waals surface area contributed by atoms with Crippen LogP contribution in [0, 0.1) is 0 Å². The highest BCUT2D eigenvalue weighted by Gasteiger charge is 2.29. The molecule has 0 atom stereocenters. The number of aromatic carboxylic acids is 1. The summed E-state index contributed by atoms with van der Waals surface area (Å²) >= 11 is 0. The zero-order valence-electron chi connectivity index (χ0n) is 10.6. The first kappa shape index (κ1) is 14.7. The summed E-state index contributed by atoms with van der Waals surface area (Å²) in [7, 11) is -3.18. The molecule has 0 aliphatic carbocycles. The van der Waals surface area contributed by atoms with E-state index >= 15 is 0 Å². The van der Waals surface area contributed by atoms with Gasteiger partial charge in [-0.1, -0.05) is 0 Å². The van der Waals surface area contributed by atoms with Crippen LogP contribution in [0.2, 0.25) is 0 Å². The van der Waals surface area contributed by atoms with Gasteiger partial charge in [0.15, 0.2) is 9.84 Å². The maximum absolute atomic E-state index is 11.5. The Morgan fingerprint density at radius 3 is 2.61 bits per heavy atom. The Morgan fingerprint density at radius 2 is 2.11 bits per heavy atom. The molecule has 0 unspecified atom stereocenters. The van der Waals surface area contributed by atoms with Crippen molar-refractivity contribution in [2.24, 2.45) is 0 Å². The molecule has 7 heteroatoms. The second-order valence-electron chi connectivity index (χ2n) is 4.70. The summed E-state index contributed by atoms with van der Waals surface area (Å²) in [4.78, 5) is 10.8. The Hall–Kier alpha value is -1.34. The van der Waals surface area contributed by atoms with Gasteiger partial charge in [-0.2, -0.15) is 0 Å². The maximum atomic E-state index is 11.5. The van der Waals surface area contributed by atoms with Crippen LogP contribution in [0.4, 0.5) is 0 Å². The van der Waals surface area contributed by atoms with Crippen molar-refractivity contribution in [3.8, 4) is 0 Å². The third-order valence-corrected chi connectivity index (χ3v) is 4.97. The van der Waals surface area contributed by atoms with Crippen LogP contribution < -0.4 is 5.32 Å². The summed E-state index contributed by atoms with van der Waals surface area (Å²) in [6, 6.07) is 1.36. The predicted molar refractivity (Wildman–Crippen MR) is 66.3 cm³/mol. The third kappa shape index (κ3) is 3.33. The monoisotopic (exact) mass is 275 g/mol. The first-order valence-corrected chi connectivity index (χ1v) is 7.24. The van der Waals surface area contributed by atoms with Crippen LogP contribution in [0.25, 0.3) is 0 Å². The van der Waals surface area contributed by atoms with Crippen molar-refractivity contribution in [3.63, 3.8) is 0 Å². The number of rotatable bonds is 6. The summed E-state index contributed by atoms with van der Waals surface area (Å²) < 4.78 is 27.0. The Bertz CT molecular complexity index is 529.